The summed E-state index contributed by atoms with van der Waals surface area (Å²) in [4.78, 5) is 15.5. The molecule has 1 fully saturated rings. The van der Waals surface area contributed by atoms with Gasteiger partial charge in [-0.25, -0.2) is 5.01 Å². The van der Waals surface area contributed by atoms with E-state index in [2.05, 4.69) is 18.7 Å². The van der Waals surface area contributed by atoms with Gasteiger partial charge in [-0.3, -0.25) is 9.69 Å². The van der Waals surface area contributed by atoms with Crippen molar-refractivity contribution in [2.45, 2.75) is 38.5 Å². The second-order valence-electron chi connectivity index (χ2n) is 8.10. The minimum absolute atomic E-state index is 0.0167. The largest absolute Gasteiger partial charge is 0.497 e. The summed E-state index contributed by atoms with van der Waals surface area (Å²) < 4.78 is 11.1. The molecule has 30 heavy (non-hydrogen) atoms. The zero-order valence-electron chi connectivity index (χ0n) is 17.8. The second kappa shape index (κ2) is 8.98. The highest BCUT2D eigenvalue weighted by atomic mass is 16.5. The maximum atomic E-state index is 13.3. The molecule has 1 saturated heterocycles. The van der Waals surface area contributed by atoms with Gasteiger partial charge in [0.05, 0.1) is 37.6 Å². The Bertz CT molecular complexity index is 888. The molecule has 2 heterocycles. The number of hydrogen-bond donors (Lipinski definition) is 0. The van der Waals surface area contributed by atoms with Crippen molar-refractivity contribution in [2.75, 3.05) is 26.7 Å². The Morgan fingerprint density at radius 3 is 2.37 bits per heavy atom. The number of nitrogens with zero attached hydrogens (tertiary/aromatic N) is 3. The van der Waals surface area contributed by atoms with Crippen LogP contribution in [0.1, 0.15) is 37.4 Å². The van der Waals surface area contributed by atoms with Gasteiger partial charge in [-0.1, -0.05) is 42.5 Å². The molecular weight excluding hydrogens is 378 g/mol. The molecule has 2 aliphatic heterocycles. The SMILES string of the molecule is COc1ccc([C@@H]2CC(c3ccccc3)=NN2C(=O)CN2C[C@@H](C)O[C@H](C)C2)cc1. The minimum atomic E-state index is -0.116. The van der Waals surface area contributed by atoms with Crippen molar-refractivity contribution in [3.63, 3.8) is 0 Å². The molecule has 2 aromatic carbocycles. The van der Waals surface area contributed by atoms with Gasteiger partial charge in [0.25, 0.3) is 5.91 Å². The van der Waals surface area contributed by atoms with Crippen LogP contribution in [0.5, 0.6) is 5.75 Å². The Morgan fingerprint density at radius 2 is 1.73 bits per heavy atom. The standard InChI is InChI=1S/C24H29N3O3/c1-17-14-26(15-18(2)30-17)16-24(28)27-23(20-9-11-21(29-3)12-10-20)13-22(25-27)19-7-5-4-6-8-19/h4-12,17-18,23H,13-16H2,1-3H3/t17-,18-,23+/m1/s1. The third kappa shape index (κ3) is 4.55. The van der Waals surface area contributed by atoms with E-state index in [0.29, 0.717) is 13.0 Å². The number of benzene rings is 2. The summed E-state index contributed by atoms with van der Waals surface area (Å²) in [6.07, 6.45) is 0.944. The van der Waals surface area contributed by atoms with Crippen molar-refractivity contribution in [1.82, 2.24) is 9.91 Å². The van der Waals surface area contributed by atoms with Crippen LogP contribution in [0, 0.1) is 0 Å². The monoisotopic (exact) mass is 407 g/mol. The van der Waals surface area contributed by atoms with E-state index >= 15 is 0 Å². The van der Waals surface area contributed by atoms with Gasteiger partial charge >= 0.3 is 0 Å². The molecule has 0 N–H and O–H groups in total. The van der Waals surface area contributed by atoms with Gasteiger partial charge in [-0.2, -0.15) is 5.10 Å². The highest BCUT2D eigenvalue weighted by molar-refractivity contribution is 6.03. The maximum Gasteiger partial charge on any atom is 0.257 e. The van der Waals surface area contributed by atoms with Crippen LogP contribution in [0.3, 0.4) is 0 Å². The van der Waals surface area contributed by atoms with E-state index in [1.165, 1.54) is 0 Å². The lowest BCUT2D eigenvalue weighted by molar-refractivity contribution is -0.137. The molecular formula is C24H29N3O3. The van der Waals surface area contributed by atoms with E-state index in [-0.39, 0.29) is 24.2 Å². The summed E-state index contributed by atoms with van der Waals surface area (Å²) >= 11 is 0. The fourth-order valence-corrected chi connectivity index (χ4v) is 4.31. The van der Waals surface area contributed by atoms with E-state index in [1.807, 2.05) is 54.6 Å². The number of ether oxygens (including phenoxy) is 2. The Kier molecular flexibility index (Phi) is 6.16. The van der Waals surface area contributed by atoms with Gasteiger partial charge in [-0.15, -0.1) is 0 Å². The number of amides is 1. The van der Waals surface area contributed by atoms with Crippen molar-refractivity contribution in [3.05, 3.63) is 65.7 Å². The molecule has 3 atom stereocenters. The second-order valence-corrected chi connectivity index (χ2v) is 8.10. The first-order valence-corrected chi connectivity index (χ1v) is 10.5. The van der Waals surface area contributed by atoms with E-state index in [9.17, 15) is 4.79 Å². The molecule has 158 valence electrons. The number of hydrogen-bond acceptors (Lipinski definition) is 5. The molecule has 0 spiro atoms. The molecule has 0 aliphatic carbocycles. The van der Waals surface area contributed by atoms with Crippen LogP contribution in [0.25, 0.3) is 0 Å². The Labute approximate surface area is 178 Å². The van der Waals surface area contributed by atoms with Gasteiger partial charge in [-0.05, 0) is 37.1 Å². The quantitative estimate of drug-likeness (QED) is 0.762. The van der Waals surface area contributed by atoms with Crippen molar-refractivity contribution >= 4 is 11.6 Å². The van der Waals surface area contributed by atoms with Gasteiger partial charge in [0, 0.05) is 19.5 Å². The average Bonchev–Trinajstić information content (AvgIpc) is 3.19. The lowest BCUT2D eigenvalue weighted by Crippen LogP contribution is -2.49. The van der Waals surface area contributed by atoms with Crippen LogP contribution in [-0.4, -0.2) is 60.5 Å². The number of rotatable bonds is 5. The highest BCUT2D eigenvalue weighted by Crippen LogP contribution is 2.33. The van der Waals surface area contributed by atoms with E-state index in [4.69, 9.17) is 14.6 Å². The number of hydrazone groups is 1. The van der Waals surface area contributed by atoms with Gasteiger partial charge < -0.3 is 9.47 Å². The third-order valence-electron chi connectivity index (χ3n) is 5.63. The molecule has 6 nitrogen and oxygen atoms in total. The average molecular weight is 408 g/mol. The molecule has 0 aromatic heterocycles. The number of carbonyl (C=O) groups is 1. The van der Waals surface area contributed by atoms with Crippen LogP contribution in [0.2, 0.25) is 0 Å². The summed E-state index contributed by atoms with van der Waals surface area (Å²) in [5.74, 6) is 0.818. The molecule has 6 heteroatoms. The van der Waals surface area contributed by atoms with Crippen molar-refractivity contribution in [3.8, 4) is 5.75 Å². The first-order valence-electron chi connectivity index (χ1n) is 10.5. The van der Waals surface area contributed by atoms with Crippen LogP contribution < -0.4 is 4.74 Å². The number of methoxy groups -OCH3 is 1. The smallest absolute Gasteiger partial charge is 0.257 e. The fraction of sp³-hybridized carbons (Fsp3) is 0.417. The molecule has 2 aliphatic rings. The first kappa shape index (κ1) is 20.6. The third-order valence-corrected chi connectivity index (χ3v) is 5.63. The topological polar surface area (TPSA) is 54.4 Å². The van der Waals surface area contributed by atoms with Crippen molar-refractivity contribution in [2.24, 2.45) is 5.10 Å². The number of morpholine rings is 1. The summed E-state index contributed by atoms with van der Waals surface area (Å²) in [7, 11) is 1.65. The molecule has 0 saturated carbocycles. The van der Waals surface area contributed by atoms with Gasteiger partial charge in [0.2, 0.25) is 0 Å². The van der Waals surface area contributed by atoms with Crippen LogP contribution in [0.4, 0.5) is 0 Å². The molecule has 0 bridgehead atoms. The van der Waals surface area contributed by atoms with E-state index in [0.717, 1.165) is 35.7 Å². The first-order chi connectivity index (χ1) is 14.5. The summed E-state index contributed by atoms with van der Waals surface area (Å²) in [6.45, 7) is 5.96. The van der Waals surface area contributed by atoms with Crippen LogP contribution in [-0.2, 0) is 9.53 Å². The summed E-state index contributed by atoms with van der Waals surface area (Å²) in [5.41, 5.74) is 3.05. The lowest BCUT2D eigenvalue weighted by atomic mass is 9.98. The van der Waals surface area contributed by atoms with Gasteiger partial charge in [0.1, 0.15) is 5.75 Å². The van der Waals surface area contributed by atoms with Crippen LogP contribution >= 0.6 is 0 Å². The molecule has 2 aromatic rings. The van der Waals surface area contributed by atoms with Crippen molar-refractivity contribution in [1.29, 1.82) is 0 Å². The Balaban J connectivity index is 1.57. The molecule has 4 rings (SSSR count). The zero-order valence-corrected chi connectivity index (χ0v) is 17.8. The Morgan fingerprint density at radius 1 is 1.07 bits per heavy atom. The maximum absolute atomic E-state index is 13.3. The lowest BCUT2D eigenvalue weighted by Gasteiger charge is -2.35. The van der Waals surface area contributed by atoms with Crippen molar-refractivity contribution < 1.29 is 14.3 Å². The molecule has 0 radical (unpaired) electrons. The number of carbonyl (C=O) groups excluding carboxylic acids is 1. The minimum Gasteiger partial charge on any atom is -0.497 e. The van der Waals surface area contributed by atoms with E-state index in [1.54, 1.807) is 12.1 Å². The summed E-state index contributed by atoms with van der Waals surface area (Å²) in [5, 5.41) is 6.45. The molecule has 0 unspecified atom stereocenters. The summed E-state index contributed by atoms with van der Waals surface area (Å²) in [6, 6.07) is 17.9. The van der Waals surface area contributed by atoms with E-state index < -0.39 is 0 Å². The normalized spacial score (nSPS) is 24.6. The zero-order chi connectivity index (χ0) is 21.1. The molecule has 1 amide bonds. The van der Waals surface area contributed by atoms with Gasteiger partial charge in [0.15, 0.2) is 0 Å². The fourth-order valence-electron chi connectivity index (χ4n) is 4.31. The Hall–Kier alpha value is -2.70. The highest BCUT2D eigenvalue weighted by Gasteiger charge is 2.34. The van der Waals surface area contributed by atoms with Crippen LogP contribution in [0.15, 0.2) is 59.7 Å². The predicted molar refractivity (Wildman–Crippen MR) is 117 cm³/mol. The predicted octanol–water partition coefficient (Wildman–Crippen LogP) is 3.48.